The molecule has 0 amide bonds. The van der Waals surface area contributed by atoms with Gasteiger partial charge >= 0.3 is 29.8 Å². The number of benzene rings is 3. The van der Waals surface area contributed by atoms with E-state index in [-0.39, 0.29) is 43.0 Å². The predicted molar refractivity (Wildman–Crippen MR) is 224 cm³/mol. The summed E-state index contributed by atoms with van der Waals surface area (Å²) in [7, 11) is 0. The highest BCUT2D eigenvalue weighted by molar-refractivity contribution is 5.96. The van der Waals surface area contributed by atoms with Crippen LogP contribution in [0.4, 0.5) is 8.78 Å². The second-order valence-corrected chi connectivity index (χ2v) is 13.8. The fourth-order valence-corrected chi connectivity index (χ4v) is 5.37. The highest BCUT2D eigenvalue weighted by Gasteiger charge is 2.24. The molecule has 1 saturated heterocycles. The highest BCUT2D eigenvalue weighted by atomic mass is 19.1. The molecule has 330 valence electrons. The SMILES string of the molecule is C=C(F)C(=O)OCCCCCCOc1ccc(C=CC(=O)Oc2ccc(OC(=O)C=Cc3ccc(OCCCCCCOC(=O)C(=C)F)cc3)c(C(=O)OCCC3CO3)c2)cc1. The Morgan fingerprint density at radius 3 is 1.50 bits per heavy atom. The van der Waals surface area contributed by atoms with Gasteiger partial charge < -0.3 is 37.9 Å². The molecule has 3 aromatic rings. The summed E-state index contributed by atoms with van der Waals surface area (Å²) in [4.78, 5) is 60.7. The van der Waals surface area contributed by atoms with Crippen molar-refractivity contribution < 1.29 is 70.6 Å². The molecule has 0 N–H and O–H groups in total. The van der Waals surface area contributed by atoms with Crippen LogP contribution in [0, 0.1) is 0 Å². The van der Waals surface area contributed by atoms with Gasteiger partial charge in [0, 0.05) is 18.6 Å². The number of carbonyl (C=O) groups is 5. The Bertz CT molecular complexity index is 2040. The van der Waals surface area contributed by atoms with Crippen molar-refractivity contribution in [3.8, 4) is 23.0 Å². The van der Waals surface area contributed by atoms with Crippen molar-refractivity contribution >= 4 is 42.0 Å². The van der Waals surface area contributed by atoms with Gasteiger partial charge in [-0.3, -0.25) is 0 Å². The maximum atomic E-state index is 13.1. The first-order valence-corrected chi connectivity index (χ1v) is 20.2. The molecule has 3 aromatic carbocycles. The fourth-order valence-electron chi connectivity index (χ4n) is 5.37. The van der Waals surface area contributed by atoms with E-state index in [0.29, 0.717) is 61.7 Å². The van der Waals surface area contributed by atoms with Crippen LogP contribution in [0.1, 0.15) is 79.3 Å². The van der Waals surface area contributed by atoms with Gasteiger partial charge in [0.05, 0.1) is 45.7 Å². The molecule has 1 unspecified atom stereocenters. The molecule has 13 nitrogen and oxygen atoms in total. The normalized spacial score (nSPS) is 13.0. The van der Waals surface area contributed by atoms with Crippen LogP contribution in [-0.4, -0.2) is 75.6 Å². The van der Waals surface area contributed by atoms with Gasteiger partial charge in [-0.05, 0) is 117 Å². The quantitative estimate of drug-likeness (QED) is 0.0170. The molecule has 0 radical (unpaired) electrons. The van der Waals surface area contributed by atoms with Crippen LogP contribution in [0.25, 0.3) is 12.2 Å². The third-order valence-electron chi connectivity index (χ3n) is 8.78. The number of halogens is 2. The van der Waals surface area contributed by atoms with E-state index in [1.54, 1.807) is 60.7 Å². The number of hydrogen-bond donors (Lipinski definition) is 0. The lowest BCUT2D eigenvalue weighted by Crippen LogP contribution is -2.13. The lowest BCUT2D eigenvalue weighted by Gasteiger charge is -2.11. The molecular formula is C47H50F2O13. The summed E-state index contributed by atoms with van der Waals surface area (Å²) < 4.78 is 67.7. The number of hydrogen-bond acceptors (Lipinski definition) is 13. The smallest absolute Gasteiger partial charge is 0.366 e. The number of esters is 5. The summed E-state index contributed by atoms with van der Waals surface area (Å²) in [5.74, 6) is -5.35. The Kier molecular flexibility index (Phi) is 20.6. The van der Waals surface area contributed by atoms with Crippen LogP contribution < -0.4 is 18.9 Å². The monoisotopic (exact) mass is 860 g/mol. The van der Waals surface area contributed by atoms with Crippen molar-refractivity contribution in [3.63, 3.8) is 0 Å². The number of unbranched alkanes of at least 4 members (excludes halogenated alkanes) is 6. The molecule has 0 aliphatic carbocycles. The molecule has 0 bridgehead atoms. The molecular weight excluding hydrogens is 810 g/mol. The van der Waals surface area contributed by atoms with Crippen LogP contribution in [0.2, 0.25) is 0 Å². The van der Waals surface area contributed by atoms with E-state index < -0.39 is 41.5 Å². The van der Waals surface area contributed by atoms with E-state index in [4.69, 9.17) is 37.9 Å². The zero-order valence-electron chi connectivity index (χ0n) is 34.3. The highest BCUT2D eigenvalue weighted by Crippen LogP contribution is 2.27. The minimum atomic E-state index is -1.11. The van der Waals surface area contributed by atoms with Gasteiger partial charge in [0.2, 0.25) is 11.7 Å². The Balaban J connectivity index is 1.22. The largest absolute Gasteiger partial charge is 0.494 e. The molecule has 0 spiro atoms. The van der Waals surface area contributed by atoms with Crippen molar-refractivity contribution in [2.45, 2.75) is 63.9 Å². The average molecular weight is 861 g/mol. The van der Waals surface area contributed by atoms with Crippen molar-refractivity contribution in [1.82, 2.24) is 0 Å². The Labute approximate surface area is 358 Å². The fraction of sp³-hybridized carbons (Fsp3) is 0.340. The first kappa shape index (κ1) is 48.1. The van der Waals surface area contributed by atoms with E-state index in [0.717, 1.165) is 38.5 Å². The van der Waals surface area contributed by atoms with E-state index in [9.17, 15) is 32.8 Å². The predicted octanol–water partition coefficient (Wildman–Crippen LogP) is 8.80. The molecule has 1 fully saturated rings. The first-order chi connectivity index (χ1) is 30.0. The molecule has 1 atom stereocenters. The Morgan fingerprint density at radius 2 is 1.03 bits per heavy atom. The van der Waals surface area contributed by atoms with Gasteiger partial charge in [0.15, 0.2) is 0 Å². The van der Waals surface area contributed by atoms with E-state index in [1.807, 2.05) is 0 Å². The van der Waals surface area contributed by atoms with E-state index in [1.165, 1.54) is 30.4 Å². The van der Waals surface area contributed by atoms with Gasteiger partial charge in [-0.2, -0.15) is 8.78 Å². The van der Waals surface area contributed by atoms with Crippen LogP contribution in [-0.2, 0) is 38.1 Å². The minimum absolute atomic E-state index is 0.0227. The van der Waals surface area contributed by atoms with Crippen molar-refractivity contribution in [3.05, 3.63) is 120 Å². The van der Waals surface area contributed by atoms with Crippen molar-refractivity contribution in [1.29, 1.82) is 0 Å². The molecule has 0 saturated carbocycles. The van der Waals surface area contributed by atoms with Crippen LogP contribution in [0.3, 0.4) is 0 Å². The van der Waals surface area contributed by atoms with E-state index in [2.05, 4.69) is 13.2 Å². The molecule has 0 aromatic heterocycles. The van der Waals surface area contributed by atoms with E-state index >= 15 is 0 Å². The van der Waals surface area contributed by atoms with Crippen molar-refractivity contribution in [2.24, 2.45) is 0 Å². The number of rotatable bonds is 28. The molecule has 62 heavy (non-hydrogen) atoms. The topological polar surface area (TPSA) is 162 Å². The van der Waals surface area contributed by atoms with Crippen molar-refractivity contribution in [2.75, 3.05) is 39.6 Å². The lowest BCUT2D eigenvalue weighted by atomic mass is 10.2. The number of carbonyl (C=O) groups excluding carboxylic acids is 5. The zero-order valence-corrected chi connectivity index (χ0v) is 34.3. The maximum absolute atomic E-state index is 13.1. The average Bonchev–Trinajstić information content (AvgIpc) is 4.09. The van der Waals surface area contributed by atoms with Gasteiger partial charge in [-0.25, -0.2) is 24.0 Å². The summed E-state index contributed by atoms with van der Waals surface area (Å²) >= 11 is 0. The van der Waals surface area contributed by atoms with Gasteiger partial charge in [-0.15, -0.1) is 0 Å². The van der Waals surface area contributed by atoms with Gasteiger partial charge in [0.1, 0.15) is 28.6 Å². The van der Waals surface area contributed by atoms with Crippen LogP contribution >= 0.6 is 0 Å². The maximum Gasteiger partial charge on any atom is 0.366 e. The summed E-state index contributed by atoms with van der Waals surface area (Å²) in [5, 5.41) is 0. The second kappa shape index (κ2) is 26.6. The molecule has 15 heteroatoms. The van der Waals surface area contributed by atoms with Gasteiger partial charge in [-0.1, -0.05) is 37.4 Å². The minimum Gasteiger partial charge on any atom is -0.494 e. The summed E-state index contributed by atoms with van der Waals surface area (Å²) in [6.45, 7) is 7.67. The first-order valence-electron chi connectivity index (χ1n) is 20.2. The van der Waals surface area contributed by atoms with Crippen LogP contribution in [0.15, 0.2) is 104 Å². The van der Waals surface area contributed by atoms with Crippen LogP contribution in [0.5, 0.6) is 23.0 Å². The van der Waals surface area contributed by atoms with Gasteiger partial charge in [0.25, 0.3) is 0 Å². The summed E-state index contributed by atoms with van der Waals surface area (Å²) in [5.41, 5.74) is 1.27. The zero-order chi connectivity index (χ0) is 44.5. The lowest BCUT2D eigenvalue weighted by molar-refractivity contribution is -0.141. The Morgan fingerprint density at radius 1 is 0.581 bits per heavy atom. The molecule has 1 aliphatic heterocycles. The Hall–Kier alpha value is -6.61. The number of epoxide rings is 1. The third kappa shape index (κ3) is 19.2. The molecule has 1 aliphatic rings. The number of ether oxygens (including phenoxy) is 8. The molecule has 4 rings (SSSR count). The summed E-state index contributed by atoms with van der Waals surface area (Å²) in [6.07, 6.45) is 12.1. The standard InChI is InChI=1S/C47H50F2O13/c1-33(48)45(52)57-28-9-5-3-7-26-55-37-17-11-35(12-18-37)15-23-43(50)61-39-21-22-42(41(31-39)47(54)59-30-25-40-32-60-40)62-44(51)24-16-36-13-19-38(20-14-36)56-27-8-4-6-10-29-58-46(53)34(2)49/h11-24,31,40H,1-10,25-30,32H2. The second-order valence-electron chi connectivity index (χ2n) is 13.8. The molecule has 1 heterocycles. The summed E-state index contributed by atoms with van der Waals surface area (Å²) in [6, 6.07) is 18.1. The third-order valence-corrected chi connectivity index (χ3v) is 8.78.